The molecule has 0 spiro atoms. The van der Waals surface area contributed by atoms with Gasteiger partial charge in [0, 0.05) is 30.6 Å². The van der Waals surface area contributed by atoms with Crippen molar-refractivity contribution in [1.29, 1.82) is 0 Å². The Kier molecular flexibility index (Phi) is 6.35. The van der Waals surface area contributed by atoms with E-state index in [9.17, 15) is 13.2 Å². The van der Waals surface area contributed by atoms with Crippen LogP contribution in [0.1, 0.15) is 45.1 Å². The van der Waals surface area contributed by atoms with Gasteiger partial charge < -0.3 is 15.0 Å². The highest BCUT2D eigenvalue weighted by atomic mass is 35.5. The van der Waals surface area contributed by atoms with E-state index in [0.29, 0.717) is 10.8 Å². The molecule has 33 heavy (non-hydrogen) atoms. The minimum Gasteiger partial charge on any atom is -0.476 e. The van der Waals surface area contributed by atoms with E-state index in [0.717, 1.165) is 37.1 Å². The fraction of sp³-hybridized carbons (Fsp3) is 0.500. The topological polar surface area (TPSA) is 88.6 Å². The summed E-state index contributed by atoms with van der Waals surface area (Å²) in [6.07, 6.45) is 6.25. The molecule has 0 radical (unpaired) electrons. The van der Waals surface area contributed by atoms with Crippen molar-refractivity contribution in [2.75, 3.05) is 11.2 Å². The number of aromatic nitrogens is 1. The van der Waals surface area contributed by atoms with Crippen LogP contribution in [0.5, 0.6) is 5.75 Å². The van der Waals surface area contributed by atoms with Gasteiger partial charge in [-0.1, -0.05) is 17.7 Å². The number of rotatable bonds is 6. The first-order valence-electron chi connectivity index (χ1n) is 11.1. The highest BCUT2D eigenvalue weighted by Crippen LogP contribution is 2.39. The lowest BCUT2D eigenvalue weighted by atomic mass is 9.96. The Hall–Kier alpha value is -2.32. The lowest BCUT2D eigenvalue weighted by Crippen LogP contribution is -2.55. The minimum atomic E-state index is -3.27. The second-order valence-electron chi connectivity index (χ2n) is 9.60. The van der Waals surface area contributed by atoms with Gasteiger partial charge in [-0.25, -0.2) is 13.4 Å². The minimum absolute atomic E-state index is 0.0397. The summed E-state index contributed by atoms with van der Waals surface area (Å²) in [7, 11) is -3.27. The SMILES string of the molecule is Cc1ccc(OC(C)(C)C(=O)NC2C[C@H]3CC[C@@H](C2)N3c2ccc(S(C)(=O)=O)cn2)c(Cl)c1. The number of hydrogen-bond donors (Lipinski definition) is 1. The van der Waals surface area contributed by atoms with E-state index in [1.807, 2.05) is 19.1 Å². The molecule has 2 aliphatic heterocycles. The van der Waals surface area contributed by atoms with Gasteiger partial charge in [-0.2, -0.15) is 0 Å². The van der Waals surface area contributed by atoms with E-state index < -0.39 is 15.4 Å². The second kappa shape index (κ2) is 8.80. The smallest absolute Gasteiger partial charge is 0.263 e. The number of pyridine rings is 1. The maximum Gasteiger partial charge on any atom is 0.263 e. The number of hydrogen-bond acceptors (Lipinski definition) is 6. The molecule has 1 N–H and O–H groups in total. The van der Waals surface area contributed by atoms with Crippen LogP contribution in [0.2, 0.25) is 5.02 Å². The lowest BCUT2D eigenvalue weighted by molar-refractivity contribution is -0.135. The van der Waals surface area contributed by atoms with Crippen LogP contribution in [0.3, 0.4) is 0 Å². The number of halogens is 1. The number of anilines is 1. The molecule has 0 saturated carbocycles. The number of ether oxygens (including phenoxy) is 1. The van der Waals surface area contributed by atoms with Crippen LogP contribution in [0, 0.1) is 6.92 Å². The second-order valence-corrected chi connectivity index (χ2v) is 12.0. The number of carbonyl (C=O) groups is 1. The number of amides is 1. The van der Waals surface area contributed by atoms with Gasteiger partial charge in [-0.3, -0.25) is 4.79 Å². The molecule has 2 fully saturated rings. The molecule has 2 aromatic rings. The Labute approximate surface area is 200 Å². The Morgan fingerprint density at radius 1 is 1.18 bits per heavy atom. The van der Waals surface area contributed by atoms with Crippen molar-refractivity contribution >= 4 is 33.2 Å². The average molecular weight is 492 g/mol. The number of sulfone groups is 1. The Morgan fingerprint density at radius 2 is 1.85 bits per heavy atom. The maximum atomic E-state index is 13.1. The van der Waals surface area contributed by atoms with Crippen LogP contribution in [0.25, 0.3) is 0 Å². The van der Waals surface area contributed by atoms with Crippen molar-refractivity contribution in [2.24, 2.45) is 0 Å². The van der Waals surface area contributed by atoms with Gasteiger partial charge in [0.2, 0.25) is 0 Å². The van der Waals surface area contributed by atoms with Gasteiger partial charge in [0.05, 0.1) is 9.92 Å². The molecule has 1 amide bonds. The molecule has 1 unspecified atom stereocenters. The van der Waals surface area contributed by atoms with E-state index >= 15 is 0 Å². The summed E-state index contributed by atoms with van der Waals surface area (Å²) in [6.45, 7) is 5.44. The third-order valence-electron chi connectivity index (χ3n) is 6.48. The first kappa shape index (κ1) is 23.8. The lowest BCUT2D eigenvalue weighted by Gasteiger charge is -2.40. The van der Waals surface area contributed by atoms with Crippen molar-refractivity contribution < 1.29 is 17.9 Å². The monoisotopic (exact) mass is 491 g/mol. The summed E-state index contributed by atoms with van der Waals surface area (Å²) in [4.78, 5) is 20.0. The summed E-state index contributed by atoms with van der Waals surface area (Å²) in [5.74, 6) is 1.10. The average Bonchev–Trinajstić information content (AvgIpc) is 3.00. The van der Waals surface area contributed by atoms with E-state index in [1.165, 1.54) is 12.5 Å². The van der Waals surface area contributed by atoms with Crippen LogP contribution in [0.4, 0.5) is 5.82 Å². The van der Waals surface area contributed by atoms with Crippen LogP contribution in [0.15, 0.2) is 41.4 Å². The molecule has 7 nitrogen and oxygen atoms in total. The zero-order valence-electron chi connectivity index (χ0n) is 19.3. The van der Waals surface area contributed by atoms with Crippen LogP contribution >= 0.6 is 11.6 Å². The Balaban J connectivity index is 1.41. The fourth-order valence-corrected chi connectivity index (χ4v) is 5.62. The predicted octanol–water partition coefficient (Wildman–Crippen LogP) is 3.92. The summed E-state index contributed by atoms with van der Waals surface area (Å²) >= 11 is 6.29. The zero-order valence-corrected chi connectivity index (χ0v) is 20.9. The third kappa shape index (κ3) is 5.11. The number of piperidine rings is 1. The number of aryl methyl sites for hydroxylation is 1. The van der Waals surface area contributed by atoms with Crippen molar-refractivity contribution in [1.82, 2.24) is 10.3 Å². The van der Waals surface area contributed by atoms with E-state index in [2.05, 4.69) is 15.2 Å². The largest absolute Gasteiger partial charge is 0.476 e. The number of nitrogens with zero attached hydrogens (tertiary/aromatic N) is 2. The highest BCUT2D eigenvalue weighted by Gasteiger charge is 2.43. The zero-order chi connectivity index (χ0) is 24.0. The Bertz CT molecular complexity index is 1140. The number of benzene rings is 1. The fourth-order valence-electron chi connectivity index (χ4n) is 4.78. The normalized spacial score (nSPS) is 22.8. The molecular weight excluding hydrogens is 462 g/mol. The molecule has 3 atom stereocenters. The summed E-state index contributed by atoms with van der Waals surface area (Å²) in [6, 6.07) is 9.44. The van der Waals surface area contributed by atoms with Crippen molar-refractivity contribution in [2.45, 2.75) is 75.1 Å². The quantitative estimate of drug-likeness (QED) is 0.658. The molecule has 2 saturated heterocycles. The highest BCUT2D eigenvalue weighted by molar-refractivity contribution is 7.90. The standard InChI is InChI=1S/C24H30ClN3O4S/c1-15-5-9-21(20(25)11-15)32-24(2,3)23(29)27-16-12-17-6-7-18(13-16)28(17)22-10-8-19(14-26-22)33(4,30)31/h5,8-11,14,16-18H,6-7,12-13H2,1-4H3,(H,27,29)/t16?,17-,18+. The molecule has 2 bridgehead atoms. The maximum absolute atomic E-state index is 13.1. The van der Waals surface area contributed by atoms with Crippen molar-refractivity contribution in [3.63, 3.8) is 0 Å². The van der Waals surface area contributed by atoms with Crippen molar-refractivity contribution in [3.8, 4) is 5.75 Å². The van der Waals surface area contributed by atoms with Crippen LogP contribution in [-0.2, 0) is 14.6 Å². The molecule has 1 aromatic heterocycles. The molecule has 0 aliphatic carbocycles. The van der Waals surface area contributed by atoms with Gasteiger partial charge in [0.25, 0.3) is 5.91 Å². The summed E-state index contributed by atoms with van der Waals surface area (Å²) < 4.78 is 29.4. The van der Waals surface area contributed by atoms with E-state index in [1.54, 1.807) is 32.0 Å². The number of carbonyl (C=O) groups excluding carboxylic acids is 1. The van der Waals surface area contributed by atoms with Crippen LogP contribution < -0.4 is 15.0 Å². The first-order chi connectivity index (χ1) is 15.4. The number of fused-ring (bicyclic) bond motifs is 2. The third-order valence-corrected chi connectivity index (χ3v) is 7.87. The molecule has 178 valence electrons. The van der Waals surface area contributed by atoms with Crippen molar-refractivity contribution in [3.05, 3.63) is 47.1 Å². The number of nitrogens with one attached hydrogen (secondary N) is 1. The Morgan fingerprint density at radius 3 is 2.39 bits per heavy atom. The molecule has 9 heteroatoms. The van der Waals surface area contributed by atoms with Crippen LogP contribution in [-0.4, -0.2) is 49.3 Å². The predicted molar refractivity (Wildman–Crippen MR) is 129 cm³/mol. The van der Waals surface area contributed by atoms with E-state index in [4.69, 9.17) is 16.3 Å². The molecule has 3 heterocycles. The first-order valence-corrected chi connectivity index (χ1v) is 13.4. The van der Waals surface area contributed by atoms with E-state index in [-0.39, 0.29) is 28.9 Å². The van der Waals surface area contributed by atoms with Gasteiger partial charge in [0.1, 0.15) is 11.6 Å². The summed E-state index contributed by atoms with van der Waals surface area (Å²) in [5.41, 5.74) is -0.0460. The van der Waals surface area contributed by atoms with Gasteiger partial charge >= 0.3 is 0 Å². The summed E-state index contributed by atoms with van der Waals surface area (Å²) in [5, 5.41) is 3.66. The van der Waals surface area contributed by atoms with Gasteiger partial charge in [-0.05, 0) is 76.3 Å². The molecule has 4 rings (SSSR count). The van der Waals surface area contributed by atoms with Gasteiger partial charge in [-0.15, -0.1) is 0 Å². The molecular formula is C24H30ClN3O4S. The molecule has 2 aliphatic rings. The van der Waals surface area contributed by atoms with Gasteiger partial charge in [0.15, 0.2) is 15.4 Å². The molecule has 1 aromatic carbocycles.